The quantitative estimate of drug-likeness (QED) is 0.426. The first kappa shape index (κ1) is 8.86. The van der Waals surface area contributed by atoms with Crippen LogP contribution in [-0.4, -0.2) is 20.4 Å². The first-order chi connectivity index (χ1) is 4.93. The van der Waals surface area contributed by atoms with Crippen LogP contribution in [0.1, 0.15) is 45.4 Å². The zero-order valence-corrected chi connectivity index (χ0v) is 8.65. The lowest BCUT2D eigenvalue weighted by Gasteiger charge is -2.03. The summed E-state index contributed by atoms with van der Waals surface area (Å²) in [5.41, 5.74) is 0. The lowest BCUT2D eigenvalue weighted by Crippen LogP contribution is -1.97. The second kappa shape index (κ2) is 5.42. The van der Waals surface area contributed by atoms with Crippen molar-refractivity contribution in [1.29, 1.82) is 0 Å². The van der Waals surface area contributed by atoms with E-state index in [0.29, 0.717) is 20.4 Å². The van der Waals surface area contributed by atoms with Crippen LogP contribution in [0.2, 0.25) is 8.60 Å². The van der Waals surface area contributed by atoms with Gasteiger partial charge in [-0.3, -0.25) is 0 Å². The Kier molecular flexibility index (Phi) is 4.80. The van der Waals surface area contributed by atoms with E-state index in [4.69, 9.17) is 0 Å². The molecule has 0 bridgehead atoms. The molecule has 0 heterocycles. The maximum Gasteiger partial charge on any atom is 0.368 e. The van der Waals surface area contributed by atoms with Gasteiger partial charge in [0.15, 0.2) is 0 Å². The van der Waals surface area contributed by atoms with Crippen LogP contribution >= 0.6 is 0 Å². The highest BCUT2D eigenvalue weighted by Crippen LogP contribution is 2.30. The van der Waals surface area contributed by atoms with Crippen LogP contribution < -0.4 is 0 Å². The highest BCUT2D eigenvalue weighted by atomic mass is 24.5. The molecular weight excluding hydrogens is 132 g/mol. The Morgan fingerprint density at radius 1 is 1.30 bits per heavy atom. The van der Waals surface area contributed by atoms with Gasteiger partial charge in [0.25, 0.3) is 0 Å². The van der Waals surface area contributed by atoms with Gasteiger partial charge in [-0.2, -0.15) is 0 Å². The summed E-state index contributed by atoms with van der Waals surface area (Å²) in [6, 6.07) is 0. The third-order valence-corrected chi connectivity index (χ3v) is 5.23. The van der Waals surface area contributed by atoms with E-state index in [1.807, 2.05) is 0 Å². The molecule has 0 radical (unpaired) electrons. The third-order valence-electron chi connectivity index (χ3n) is 2.69. The Bertz CT molecular complexity index is 74.8. The molecule has 0 aromatic heterocycles. The van der Waals surface area contributed by atoms with Gasteiger partial charge in [-0.1, -0.05) is 45.4 Å². The second-order valence-corrected chi connectivity index (χ2v) is 6.09. The average molecular weight is 151 g/mol. The summed E-state index contributed by atoms with van der Waals surface area (Å²) in [5, 5.41) is 0. The van der Waals surface area contributed by atoms with Crippen molar-refractivity contribution in [3.05, 3.63) is 0 Å². The fraction of sp³-hybridized carbons (Fsp3) is 1.00. The van der Waals surface area contributed by atoms with E-state index >= 15 is 0 Å². The smallest absolute Gasteiger partial charge is 0.145 e. The second-order valence-electron chi connectivity index (χ2n) is 3.65. The normalized spacial score (nSPS) is 19.3. The molecule has 0 N–H and O–H groups in total. The van der Waals surface area contributed by atoms with Crippen molar-refractivity contribution in [2.75, 3.05) is 0 Å². The Balaban J connectivity index is 1.91. The number of hydrogen-bond donors (Lipinski definition) is 0. The molecular formula is C9H18Mg. The molecule has 56 valence electrons. The maximum atomic E-state index is 2.31. The summed E-state index contributed by atoms with van der Waals surface area (Å²) < 4.78 is 2.88. The molecule has 0 aromatic rings. The van der Waals surface area contributed by atoms with Gasteiger partial charge in [0.2, 0.25) is 0 Å². The predicted molar refractivity (Wildman–Crippen MR) is 47.7 cm³/mol. The Hall–Kier alpha value is 0.766. The van der Waals surface area contributed by atoms with Gasteiger partial charge in [0, 0.05) is 0 Å². The van der Waals surface area contributed by atoms with E-state index in [9.17, 15) is 0 Å². The molecule has 0 atom stereocenters. The standard InChI is InChI=1S/C5H9.C4H9.Mg/c1-2-4-5-3-1;1-3-4-2;/h1H,2-5H2;1,3-4H2,2H3;. The highest BCUT2D eigenvalue weighted by Gasteiger charge is 2.15. The molecule has 1 heteroatoms. The van der Waals surface area contributed by atoms with Crippen LogP contribution in [0.15, 0.2) is 0 Å². The minimum atomic E-state index is 0.377. The minimum Gasteiger partial charge on any atom is -0.145 e. The monoisotopic (exact) mass is 150 g/mol. The molecule has 1 aliphatic carbocycles. The molecule has 10 heavy (non-hydrogen) atoms. The van der Waals surface area contributed by atoms with Crippen LogP contribution in [-0.2, 0) is 0 Å². The number of hydrogen-bond acceptors (Lipinski definition) is 0. The van der Waals surface area contributed by atoms with Crippen molar-refractivity contribution >= 4 is 20.4 Å². The largest absolute Gasteiger partial charge is 0.368 e. The van der Waals surface area contributed by atoms with Gasteiger partial charge in [-0.25, -0.2) is 0 Å². The lowest BCUT2D eigenvalue weighted by molar-refractivity contribution is 0.828. The minimum absolute atomic E-state index is 0.377. The predicted octanol–water partition coefficient (Wildman–Crippen LogP) is 3.27. The lowest BCUT2D eigenvalue weighted by atomic mass is 10.4. The zero-order chi connectivity index (χ0) is 7.23. The van der Waals surface area contributed by atoms with E-state index in [2.05, 4.69) is 6.92 Å². The molecule has 0 spiro atoms. The van der Waals surface area contributed by atoms with E-state index in [0.717, 1.165) is 0 Å². The summed E-state index contributed by atoms with van der Waals surface area (Å²) >= 11 is 0.377. The SMILES string of the molecule is CCC[CH2][Mg][CH]1CCCC1. The fourth-order valence-corrected chi connectivity index (χ4v) is 4.50. The van der Waals surface area contributed by atoms with Gasteiger partial charge in [0.05, 0.1) is 0 Å². The summed E-state index contributed by atoms with van der Waals surface area (Å²) in [5.74, 6) is 0. The van der Waals surface area contributed by atoms with Crippen molar-refractivity contribution in [3.8, 4) is 0 Å². The number of rotatable bonds is 4. The summed E-state index contributed by atoms with van der Waals surface area (Å²) in [6.07, 6.45) is 9.21. The topological polar surface area (TPSA) is 0 Å². The molecule has 0 aromatic carbocycles. The Morgan fingerprint density at radius 3 is 2.60 bits per heavy atom. The molecule has 0 aliphatic heterocycles. The van der Waals surface area contributed by atoms with Crippen LogP contribution in [0.4, 0.5) is 0 Å². The van der Waals surface area contributed by atoms with Gasteiger partial charge < -0.3 is 0 Å². The van der Waals surface area contributed by atoms with Crippen molar-refractivity contribution in [3.63, 3.8) is 0 Å². The summed E-state index contributed by atoms with van der Waals surface area (Å²) in [6.45, 7) is 2.31. The number of unbranched alkanes of at least 4 members (excludes halogenated alkanes) is 1. The van der Waals surface area contributed by atoms with E-state index in [1.54, 1.807) is 30.2 Å². The average Bonchev–Trinajstić information content (AvgIpc) is 2.41. The first-order valence-electron chi connectivity index (χ1n) is 4.93. The molecule has 1 rings (SSSR count). The van der Waals surface area contributed by atoms with Gasteiger partial charge >= 0.3 is 20.4 Å². The third kappa shape index (κ3) is 3.24. The summed E-state index contributed by atoms with van der Waals surface area (Å²) in [7, 11) is 0. The molecule has 0 saturated heterocycles. The van der Waals surface area contributed by atoms with Crippen LogP contribution in [0.3, 0.4) is 0 Å². The highest BCUT2D eigenvalue weighted by molar-refractivity contribution is 6.37. The molecule has 0 unspecified atom stereocenters. The zero-order valence-electron chi connectivity index (χ0n) is 7.23. The van der Waals surface area contributed by atoms with Gasteiger partial charge in [-0.05, 0) is 0 Å². The van der Waals surface area contributed by atoms with Crippen LogP contribution in [0.5, 0.6) is 0 Å². The molecule has 1 fully saturated rings. The maximum absolute atomic E-state index is 2.31. The van der Waals surface area contributed by atoms with Gasteiger partial charge in [-0.15, -0.1) is 8.60 Å². The van der Waals surface area contributed by atoms with Crippen LogP contribution in [0, 0.1) is 0 Å². The molecule has 0 amide bonds. The Morgan fingerprint density at radius 2 is 2.00 bits per heavy atom. The Labute approximate surface area is 74.5 Å². The first-order valence-corrected chi connectivity index (χ1v) is 6.75. The van der Waals surface area contributed by atoms with Crippen molar-refractivity contribution < 1.29 is 0 Å². The molecule has 1 saturated carbocycles. The van der Waals surface area contributed by atoms with E-state index < -0.39 is 0 Å². The summed E-state index contributed by atoms with van der Waals surface area (Å²) in [4.78, 5) is 0. The molecule has 1 aliphatic rings. The van der Waals surface area contributed by atoms with Gasteiger partial charge in [0.1, 0.15) is 0 Å². The van der Waals surface area contributed by atoms with E-state index in [-0.39, 0.29) is 0 Å². The fourth-order valence-electron chi connectivity index (χ4n) is 1.98. The molecule has 0 nitrogen and oxygen atoms in total. The van der Waals surface area contributed by atoms with Crippen molar-refractivity contribution in [1.82, 2.24) is 0 Å². The van der Waals surface area contributed by atoms with Crippen molar-refractivity contribution in [2.45, 2.75) is 54.0 Å². The van der Waals surface area contributed by atoms with Crippen LogP contribution in [0.25, 0.3) is 0 Å². The van der Waals surface area contributed by atoms with E-state index in [1.165, 1.54) is 16.9 Å². The van der Waals surface area contributed by atoms with Crippen molar-refractivity contribution in [2.24, 2.45) is 0 Å².